The van der Waals surface area contributed by atoms with E-state index in [1.54, 1.807) is 0 Å². The predicted octanol–water partition coefficient (Wildman–Crippen LogP) is 3.79. The van der Waals surface area contributed by atoms with Crippen LogP contribution >= 0.6 is 23.2 Å². The summed E-state index contributed by atoms with van der Waals surface area (Å²) in [6, 6.07) is 8.09. The fraction of sp³-hybridized carbons (Fsp3) is 0.538. The van der Waals surface area contributed by atoms with E-state index in [0.717, 1.165) is 31.1 Å². The number of benzene rings is 1. The molecule has 3 heteroatoms. The van der Waals surface area contributed by atoms with Crippen LogP contribution in [0.3, 0.4) is 0 Å². The molecule has 0 aliphatic carbocycles. The van der Waals surface area contributed by atoms with E-state index < -0.39 is 0 Å². The molecule has 1 saturated heterocycles. The summed E-state index contributed by atoms with van der Waals surface area (Å²) in [5.41, 5.74) is 1.28. The lowest BCUT2D eigenvalue weighted by atomic mass is 9.99. The molecule has 0 amide bonds. The van der Waals surface area contributed by atoms with Gasteiger partial charge in [0.05, 0.1) is 0 Å². The Hall–Kier alpha value is -0.240. The maximum atomic E-state index is 6.21. The summed E-state index contributed by atoms with van der Waals surface area (Å²) in [5.74, 6) is 0.578. The van der Waals surface area contributed by atoms with Gasteiger partial charge in [0.15, 0.2) is 0 Å². The maximum absolute atomic E-state index is 6.21. The number of halogens is 2. The number of hydrogen-bond acceptors (Lipinski definition) is 1. The molecule has 16 heavy (non-hydrogen) atoms. The number of alkyl halides is 1. The third-order valence-corrected chi connectivity index (χ3v) is 4.06. The van der Waals surface area contributed by atoms with Crippen LogP contribution < -0.4 is 0 Å². The first-order valence-electron chi connectivity index (χ1n) is 5.76. The van der Waals surface area contributed by atoms with Gasteiger partial charge < -0.3 is 0 Å². The van der Waals surface area contributed by atoms with E-state index >= 15 is 0 Å². The topological polar surface area (TPSA) is 3.24 Å². The van der Waals surface area contributed by atoms with Crippen LogP contribution in [-0.2, 0) is 6.54 Å². The van der Waals surface area contributed by atoms with E-state index in [-0.39, 0.29) is 0 Å². The van der Waals surface area contributed by atoms with Crippen LogP contribution in [0.1, 0.15) is 18.9 Å². The van der Waals surface area contributed by atoms with Gasteiger partial charge in [-0.05, 0) is 36.6 Å². The van der Waals surface area contributed by atoms with Crippen LogP contribution in [0, 0.1) is 5.92 Å². The van der Waals surface area contributed by atoms with Gasteiger partial charge in [-0.15, -0.1) is 11.6 Å². The molecule has 1 heterocycles. The summed E-state index contributed by atoms with van der Waals surface area (Å²) in [4.78, 5) is 2.45. The molecular weight excluding hydrogens is 241 g/mol. The first-order valence-corrected chi connectivity index (χ1v) is 6.57. The molecule has 1 nitrogen and oxygen atoms in total. The second-order valence-electron chi connectivity index (χ2n) is 4.65. The van der Waals surface area contributed by atoms with Crippen molar-refractivity contribution in [3.63, 3.8) is 0 Å². The third kappa shape index (κ3) is 3.13. The quantitative estimate of drug-likeness (QED) is 0.729. The molecule has 2 atom stereocenters. The van der Waals surface area contributed by atoms with Gasteiger partial charge in [-0.25, -0.2) is 0 Å². The first kappa shape index (κ1) is 12.2. The normalized spacial score (nSPS) is 26.9. The molecule has 0 aromatic heterocycles. The van der Waals surface area contributed by atoms with Crippen molar-refractivity contribution in [3.05, 3.63) is 34.9 Å². The third-order valence-electron chi connectivity index (χ3n) is 3.18. The molecule has 1 aliphatic rings. The minimum absolute atomic E-state index is 0.343. The fourth-order valence-corrected chi connectivity index (χ4v) is 2.63. The Morgan fingerprint density at radius 3 is 2.94 bits per heavy atom. The summed E-state index contributed by atoms with van der Waals surface area (Å²) in [5, 5.41) is 1.16. The van der Waals surface area contributed by atoms with Crippen molar-refractivity contribution < 1.29 is 0 Å². The standard InChI is InChI=1S/C13H17Cl2N/c1-10-8-16(6-5-13(10)15)9-11-3-2-4-12(14)7-11/h2-4,7,10,13H,5-6,8-9H2,1H3. The predicted molar refractivity (Wildman–Crippen MR) is 70.2 cm³/mol. The highest BCUT2D eigenvalue weighted by molar-refractivity contribution is 6.30. The van der Waals surface area contributed by atoms with Gasteiger partial charge in [0, 0.05) is 23.5 Å². The maximum Gasteiger partial charge on any atom is 0.0409 e. The van der Waals surface area contributed by atoms with Gasteiger partial charge in [-0.2, -0.15) is 0 Å². The Labute approximate surface area is 107 Å². The van der Waals surface area contributed by atoms with Crippen molar-refractivity contribution in [2.75, 3.05) is 13.1 Å². The number of rotatable bonds is 2. The van der Waals surface area contributed by atoms with Crippen LogP contribution in [0.2, 0.25) is 5.02 Å². The smallest absolute Gasteiger partial charge is 0.0409 e. The van der Waals surface area contributed by atoms with E-state index in [2.05, 4.69) is 17.9 Å². The molecule has 0 saturated carbocycles. The van der Waals surface area contributed by atoms with Gasteiger partial charge in [-0.3, -0.25) is 4.90 Å². The second-order valence-corrected chi connectivity index (χ2v) is 5.64. The molecule has 0 spiro atoms. The molecule has 2 unspecified atom stereocenters. The number of piperidine rings is 1. The number of likely N-dealkylation sites (tertiary alicyclic amines) is 1. The molecule has 88 valence electrons. The highest BCUT2D eigenvalue weighted by Gasteiger charge is 2.23. The van der Waals surface area contributed by atoms with Crippen molar-refractivity contribution in [2.24, 2.45) is 5.92 Å². The van der Waals surface area contributed by atoms with Crippen molar-refractivity contribution in [1.29, 1.82) is 0 Å². The van der Waals surface area contributed by atoms with E-state index in [1.807, 2.05) is 18.2 Å². The Bertz CT molecular complexity index is 354. The van der Waals surface area contributed by atoms with Crippen LogP contribution in [0.15, 0.2) is 24.3 Å². The zero-order chi connectivity index (χ0) is 11.5. The highest BCUT2D eigenvalue weighted by Crippen LogP contribution is 2.23. The second kappa shape index (κ2) is 5.39. The Balaban J connectivity index is 1.95. The van der Waals surface area contributed by atoms with E-state index in [1.165, 1.54) is 5.56 Å². The number of hydrogen-bond donors (Lipinski definition) is 0. The summed E-state index contributed by atoms with van der Waals surface area (Å²) in [6.45, 7) is 5.38. The van der Waals surface area contributed by atoms with E-state index in [9.17, 15) is 0 Å². The molecule has 0 radical (unpaired) electrons. The van der Waals surface area contributed by atoms with Gasteiger partial charge in [0.2, 0.25) is 0 Å². The number of nitrogens with zero attached hydrogens (tertiary/aromatic N) is 1. The lowest BCUT2D eigenvalue weighted by Crippen LogP contribution is -2.39. The van der Waals surface area contributed by atoms with Crippen molar-refractivity contribution in [1.82, 2.24) is 4.90 Å². The Morgan fingerprint density at radius 1 is 1.44 bits per heavy atom. The molecule has 1 aromatic carbocycles. The minimum Gasteiger partial charge on any atom is -0.299 e. The Kier molecular flexibility index (Phi) is 4.12. The molecule has 1 aromatic rings. The van der Waals surface area contributed by atoms with Crippen LogP contribution in [0.25, 0.3) is 0 Å². The van der Waals surface area contributed by atoms with Gasteiger partial charge in [-0.1, -0.05) is 30.7 Å². The fourth-order valence-electron chi connectivity index (χ4n) is 2.24. The van der Waals surface area contributed by atoms with E-state index in [0.29, 0.717) is 11.3 Å². The molecule has 1 fully saturated rings. The average Bonchev–Trinajstić information content (AvgIpc) is 2.24. The average molecular weight is 258 g/mol. The van der Waals surface area contributed by atoms with Crippen LogP contribution in [0.4, 0.5) is 0 Å². The zero-order valence-electron chi connectivity index (χ0n) is 9.50. The first-order chi connectivity index (χ1) is 7.65. The van der Waals surface area contributed by atoms with Crippen molar-refractivity contribution in [2.45, 2.75) is 25.3 Å². The lowest BCUT2D eigenvalue weighted by molar-refractivity contribution is 0.180. The van der Waals surface area contributed by atoms with Crippen molar-refractivity contribution in [3.8, 4) is 0 Å². The monoisotopic (exact) mass is 257 g/mol. The molecular formula is C13H17Cl2N. The SMILES string of the molecule is CC1CN(Cc2cccc(Cl)c2)CCC1Cl. The van der Waals surface area contributed by atoms with Crippen LogP contribution in [0.5, 0.6) is 0 Å². The molecule has 0 N–H and O–H groups in total. The van der Waals surface area contributed by atoms with Gasteiger partial charge in [0.1, 0.15) is 0 Å². The summed E-state index contributed by atoms with van der Waals surface area (Å²) in [7, 11) is 0. The summed E-state index contributed by atoms with van der Waals surface area (Å²) in [6.07, 6.45) is 1.09. The summed E-state index contributed by atoms with van der Waals surface area (Å²) < 4.78 is 0. The molecule has 0 bridgehead atoms. The highest BCUT2D eigenvalue weighted by atomic mass is 35.5. The largest absolute Gasteiger partial charge is 0.299 e. The lowest BCUT2D eigenvalue weighted by Gasteiger charge is -2.34. The molecule has 1 aliphatic heterocycles. The minimum atomic E-state index is 0.343. The van der Waals surface area contributed by atoms with Gasteiger partial charge >= 0.3 is 0 Å². The van der Waals surface area contributed by atoms with E-state index in [4.69, 9.17) is 23.2 Å². The van der Waals surface area contributed by atoms with Crippen molar-refractivity contribution >= 4 is 23.2 Å². The van der Waals surface area contributed by atoms with Crippen LogP contribution in [-0.4, -0.2) is 23.4 Å². The Morgan fingerprint density at radius 2 is 2.25 bits per heavy atom. The molecule has 2 rings (SSSR count). The summed E-state index contributed by atoms with van der Waals surface area (Å²) >= 11 is 12.2. The van der Waals surface area contributed by atoms with Gasteiger partial charge in [0.25, 0.3) is 0 Å². The zero-order valence-corrected chi connectivity index (χ0v) is 11.0.